The van der Waals surface area contributed by atoms with Crippen LogP contribution in [0.2, 0.25) is 0 Å². The minimum absolute atomic E-state index is 0.0694. The Labute approximate surface area is 242 Å². The van der Waals surface area contributed by atoms with Crippen molar-refractivity contribution in [2.75, 3.05) is 7.11 Å². The lowest BCUT2D eigenvalue weighted by atomic mass is 9.47. The second kappa shape index (κ2) is 11.6. The molecule has 0 amide bonds. The van der Waals surface area contributed by atoms with E-state index in [2.05, 4.69) is 40.7 Å². The van der Waals surface area contributed by atoms with Gasteiger partial charge in [0.1, 0.15) is 6.10 Å². The topological polar surface area (TPSA) is 52.6 Å². The normalized spacial score (nSPS) is 35.7. The molecule has 220 valence electrons. The summed E-state index contributed by atoms with van der Waals surface area (Å²) < 4.78 is 10.8. The fourth-order valence-electron chi connectivity index (χ4n) is 9.83. The molecule has 0 saturated heterocycles. The molecule has 0 aromatic heterocycles. The van der Waals surface area contributed by atoms with Crippen molar-refractivity contribution in [1.29, 1.82) is 0 Å². The third-order valence-electron chi connectivity index (χ3n) is 12.1. The number of carbonyl (C=O) groups is 2. The molecule has 0 spiro atoms. The van der Waals surface area contributed by atoms with E-state index in [1.54, 1.807) is 29.8 Å². The van der Waals surface area contributed by atoms with Crippen LogP contribution in [0.15, 0.2) is 35.9 Å². The van der Waals surface area contributed by atoms with Gasteiger partial charge in [-0.25, -0.2) is 9.59 Å². The van der Waals surface area contributed by atoms with Crippen molar-refractivity contribution in [3.63, 3.8) is 0 Å². The zero-order chi connectivity index (χ0) is 28.7. The van der Waals surface area contributed by atoms with Gasteiger partial charge in [-0.1, -0.05) is 65.5 Å². The predicted molar refractivity (Wildman–Crippen MR) is 160 cm³/mol. The van der Waals surface area contributed by atoms with Gasteiger partial charge in [0, 0.05) is 6.42 Å². The molecule has 3 fully saturated rings. The first-order valence-corrected chi connectivity index (χ1v) is 16.2. The summed E-state index contributed by atoms with van der Waals surface area (Å²) in [5.74, 6) is 4.29. The second-order valence-corrected chi connectivity index (χ2v) is 14.6. The van der Waals surface area contributed by atoms with Crippen LogP contribution in [0.25, 0.3) is 0 Å². The van der Waals surface area contributed by atoms with Crippen LogP contribution in [0.5, 0.6) is 0 Å². The first-order chi connectivity index (χ1) is 19.1. The van der Waals surface area contributed by atoms with Gasteiger partial charge in [0.2, 0.25) is 0 Å². The van der Waals surface area contributed by atoms with Crippen molar-refractivity contribution < 1.29 is 19.1 Å². The molecule has 1 aromatic rings. The van der Waals surface area contributed by atoms with Gasteiger partial charge in [-0.05, 0) is 116 Å². The number of methoxy groups -OCH3 is 1. The van der Waals surface area contributed by atoms with Crippen LogP contribution < -0.4 is 0 Å². The summed E-state index contributed by atoms with van der Waals surface area (Å²) in [7, 11) is 1.36. The zero-order valence-electron chi connectivity index (χ0n) is 25.8. The molecule has 0 bridgehead atoms. The summed E-state index contributed by atoms with van der Waals surface area (Å²) in [4.78, 5) is 24.6. The maximum absolute atomic E-state index is 12.9. The van der Waals surface area contributed by atoms with Gasteiger partial charge in [0.05, 0.1) is 18.2 Å². The number of ether oxygens (including phenoxy) is 2. The average Bonchev–Trinajstić information content (AvgIpc) is 3.30. The fourth-order valence-corrected chi connectivity index (χ4v) is 9.83. The molecule has 4 aliphatic rings. The minimum Gasteiger partial charge on any atom is -0.465 e. The van der Waals surface area contributed by atoms with Crippen LogP contribution in [0.4, 0.5) is 0 Å². The number of rotatable bonds is 8. The Bertz CT molecular complexity index is 1100. The van der Waals surface area contributed by atoms with Crippen molar-refractivity contribution in [2.45, 2.75) is 111 Å². The Balaban J connectivity index is 1.23. The van der Waals surface area contributed by atoms with E-state index in [4.69, 9.17) is 9.47 Å². The van der Waals surface area contributed by atoms with E-state index in [-0.39, 0.29) is 17.5 Å². The number of esters is 2. The summed E-state index contributed by atoms with van der Waals surface area (Å²) in [5.41, 5.74) is 3.22. The largest absolute Gasteiger partial charge is 0.465 e. The standard InChI is InChI=1S/C36H52O4/c1-23(2)8-7-9-24(3)30-16-17-31-29-15-14-27-22-28(18-20-35(27,4)32(29)19-21-36(30,31)5)40-34(38)26-12-10-25(11-13-26)33(37)39-6/h10-14,23-24,28-32H,7-9,15-22H2,1-6H3/t24-,28+,29+,30-,31+,32+,35+,36-/m1/s1. The first-order valence-electron chi connectivity index (χ1n) is 16.2. The maximum atomic E-state index is 12.9. The van der Waals surface area contributed by atoms with E-state index in [9.17, 15) is 9.59 Å². The molecule has 3 saturated carbocycles. The lowest BCUT2D eigenvalue weighted by Gasteiger charge is -2.58. The first kappa shape index (κ1) is 29.4. The summed E-state index contributed by atoms with van der Waals surface area (Å²) in [6.45, 7) is 12.5. The number of hydrogen-bond acceptors (Lipinski definition) is 4. The van der Waals surface area contributed by atoms with E-state index in [0.717, 1.165) is 54.8 Å². The molecule has 1 aromatic carbocycles. The lowest BCUT2D eigenvalue weighted by Crippen LogP contribution is -2.51. The maximum Gasteiger partial charge on any atom is 0.338 e. The quantitative estimate of drug-likeness (QED) is 0.240. The summed E-state index contributed by atoms with van der Waals surface area (Å²) in [5, 5.41) is 0. The molecule has 40 heavy (non-hydrogen) atoms. The highest BCUT2D eigenvalue weighted by Gasteiger charge is 2.59. The Hall–Kier alpha value is -2.10. The van der Waals surface area contributed by atoms with E-state index in [0.29, 0.717) is 16.5 Å². The van der Waals surface area contributed by atoms with Crippen LogP contribution in [0.1, 0.15) is 126 Å². The molecule has 4 aliphatic carbocycles. The van der Waals surface area contributed by atoms with Gasteiger partial charge >= 0.3 is 11.9 Å². The van der Waals surface area contributed by atoms with Gasteiger partial charge in [-0.2, -0.15) is 0 Å². The molecular formula is C36H52O4. The lowest BCUT2D eigenvalue weighted by molar-refractivity contribution is -0.0594. The summed E-state index contributed by atoms with van der Waals surface area (Å²) in [6, 6.07) is 6.57. The number of hydrogen-bond donors (Lipinski definition) is 0. The minimum atomic E-state index is -0.402. The van der Waals surface area contributed by atoms with E-state index in [1.807, 2.05) is 0 Å². The smallest absolute Gasteiger partial charge is 0.338 e. The molecule has 0 N–H and O–H groups in total. The third kappa shape index (κ3) is 5.41. The molecule has 4 nitrogen and oxygen atoms in total. The molecule has 0 aliphatic heterocycles. The molecule has 0 heterocycles. The molecule has 5 rings (SSSR count). The van der Waals surface area contributed by atoms with E-state index < -0.39 is 5.97 Å². The second-order valence-electron chi connectivity index (χ2n) is 14.6. The number of carbonyl (C=O) groups excluding carboxylic acids is 2. The van der Waals surface area contributed by atoms with Gasteiger partial charge in [-0.15, -0.1) is 0 Å². The zero-order valence-corrected chi connectivity index (χ0v) is 25.8. The highest BCUT2D eigenvalue weighted by molar-refractivity contribution is 5.93. The molecule has 0 radical (unpaired) electrons. The van der Waals surface area contributed by atoms with Gasteiger partial charge in [0.25, 0.3) is 0 Å². The number of benzene rings is 1. The highest BCUT2D eigenvalue weighted by atomic mass is 16.5. The van der Waals surface area contributed by atoms with Crippen LogP contribution in [0.3, 0.4) is 0 Å². The molecular weight excluding hydrogens is 496 g/mol. The van der Waals surface area contributed by atoms with Crippen molar-refractivity contribution in [3.05, 3.63) is 47.0 Å². The predicted octanol–water partition coefficient (Wildman–Crippen LogP) is 9.04. The van der Waals surface area contributed by atoms with Crippen molar-refractivity contribution in [3.8, 4) is 0 Å². The van der Waals surface area contributed by atoms with Crippen molar-refractivity contribution >= 4 is 11.9 Å². The Kier molecular flexibility index (Phi) is 8.56. The van der Waals surface area contributed by atoms with Crippen molar-refractivity contribution in [1.82, 2.24) is 0 Å². The Morgan fingerprint density at radius 3 is 2.27 bits per heavy atom. The van der Waals surface area contributed by atoms with Crippen LogP contribution >= 0.6 is 0 Å². The van der Waals surface area contributed by atoms with Gasteiger partial charge in [0.15, 0.2) is 0 Å². The number of allylic oxidation sites excluding steroid dienone is 1. The monoisotopic (exact) mass is 548 g/mol. The van der Waals surface area contributed by atoms with E-state index in [1.165, 1.54) is 58.5 Å². The summed E-state index contributed by atoms with van der Waals surface area (Å²) in [6.07, 6.45) is 16.4. The Morgan fingerprint density at radius 1 is 0.900 bits per heavy atom. The number of fused-ring (bicyclic) bond motifs is 5. The average molecular weight is 549 g/mol. The highest BCUT2D eigenvalue weighted by Crippen LogP contribution is 2.67. The van der Waals surface area contributed by atoms with Crippen LogP contribution in [-0.4, -0.2) is 25.2 Å². The molecule has 0 unspecified atom stereocenters. The van der Waals surface area contributed by atoms with Gasteiger partial charge < -0.3 is 9.47 Å². The Morgan fingerprint density at radius 2 is 1.60 bits per heavy atom. The fraction of sp³-hybridized carbons (Fsp3) is 0.722. The van der Waals surface area contributed by atoms with Crippen LogP contribution in [0, 0.1) is 46.3 Å². The van der Waals surface area contributed by atoms with Crippen LogP contribution in [-0.2, 0) is 9.47 Å². The third-order valence-corrected chi connectivity index (χ3v) is 12.1. The van der Waals surface area contributed by atoms with E-state index >= 15 is 0 Å². The van der Waals surface area contributed by atoms with Crippen molar-refractivity contribution in [2.24, 2.45) is 46.3 Å². The summed E-state index contributed by atoms with van der Waals surface area (Å²) >= 11 is 0. The van der Waals surface area contributed by atoms with Gasteiger partial charge in [-0.3, -0.25) is 0 Å². The molecule has 4 heteroatoms. The SMILES string of the molecule is COC(=O)c1ccc(C(=O)O[C@H]2CC[C@@]3(C)C(=CC[C@H]4[C@@H]5CC[C@H]([C@H](C)CCCC(C)C)[C@@]5(C)CC[C@@H]43)C2)cc1. The molecule has 8 atom stereocenters.